The first-order valence-corrected chi connectivity index (χ1v) is 8.70. The number of pyridine rings is 1. The van der Waals surface area contributed by atoms with Crippen LogP contribution in [0.15, 0.2) is 58.2 Å². The maximum absolute atomic E-state index is 12.0. The molecule has 6 nitrogen and oxygen atoms in total. The zero-order valence-corrected chi connectivity index (χ0v) is 13.9. The van der Waals surface area contributed by atoms with E-state index in [1.54, 1.807) is 30.5 Å². The van der Waals surface area contributed by atoms with Gasteiger partial charge in [0.2, 0.25) is 10.0 Å². The molecule has 1 heterocycles. The Morgan fingerprint density at radius 1 is 1.14 bits per heavy atom. The molecule has 0 saturated heterocycles. The second kappa shape index (κ2) is 7.48. The summed E-state index contributed by atoms with van der Waals surface area (Å²) >= 11 is 3.25. The standard InChI is InChI=1S/C14H14BrN3O3S/c15-12-3-5-13(6-4-12)22(20,21)18-9-8-17-14(19)11-2-1-7-16-10-11/h1-7,10,18H,8-9H2,(H,17,19). The number of nitrogens with one attached hydrogen (secondary N) is 2. The Labute approximate surface area is 137 Å². The van der Waals surface area contributed by atoms with Crippen LogP contribution in [0.2, 0.25) is 0 Å². The predicted octanol–water partition coefficient (Wildman–Crippen LogP) is 1.55. The fraction of sp³-hybridized carbons (Fsp3) is 0.143. The van der Waals surface area contributed by atoms with Crippen molar-refractivity contribution < 1.29 is 13.2 Å². The summed E-state index contributed by atoms with van der Waals surface area (Å²) in [4.78, 5) is 15.8. The summed E-state index contributed by atoms with van der Waals surface area (Å²) < 4.78 is 27.2. The molecule has 22 heavy (non-hydrogen) atoms. The number of aromatic nitrogens is 1. The summed E-state index contributed by atoms with van der Waals surface area (Å²) in [7, 11) is -3.57. The van der Waals surface area contributed by atoms with E-state index < -0.39 is 10.0 Å². The highest BCUT2D eigenvalue weighted by atomic mass is 79.9. The number of nitrogens with zero attached hydrogens (tertiary/aromatic N) is 1. The number of benzene rings is 1. The summed E-state index contributed by atoms with van der Waals surface area (Å²) in [6.45, 7) is 0.286. The number of hydrogen-bond donors (Lipinski definition) is 2. The lowest BCUT2D eigenvalue weighted by molar-refractivity contribution is 0.0954. The van der Waals surface area contributed by atoms with Gasteiger partial charge in [0.1, 0.15) is 0 Å². The molecule has 0 aliphatic rings. The summed E-state index contributed by atoms with van der Waals surface area (Å²) in [5.41, 5.74) is 0.429. The molecule has 8 heteroatoms. The lowest BCUT2D eigenvalue weighted by Crippen LogP contribution is -2.34. The molecule has 0 radical (unpaired) electrons. The van der Waals surface area contributed by atoms with Gasteiger partial charge in [-0.15, -0.1) is 0 Å². The highest BCUT2D eigenvalue weighted by Gasteiger charge is 2.13. The lowest BCUT2D eigenvalue weighted by atomic mass is 10.3. The highest BCUT2D eigenvalue weighted by Crippen LogP contribution is 2.14. The number of carbonyl (C=O) groups excluding carboxylic acids is 1. The van der Waals surface area contributed by atoms with E-state index in [2.05, 4.69) is 31.0 Å². The first kappa shape index (κ1) is 16.6. The number of hydrogen-bond acceptors (Lipinski definition) is 4. The zero-order chi connectivity index (χ0) is 16.0. The fourth-order valence-electron chi connectivity index (χ4n) is 1.66. The van der Waals surface area contributed by atoms with Gasteiger partial charge in [0.05, 0.1) is 10.5 Å². The minimum Gasteiger partial charge on any atom is -0.351 e. The third-order valence-corrected chi connectivity index (χ3v) is 4.76. The zero-order valence-electron chi connectivity index (χ0n) is 11.5. The van der Waals surface area contributed by atoms with Crippen molar-refractivity contribution in [2.24, 2.45) is 0 Å². The molecule has 0 saturated carbocycles. The van der Waals surface area contributed by atoms with Crippen LogP contribution in [0.3, 0.4) is 0 Å². The van der Waals surface area contributed by atoms with Crippen LogP contribution in [0.5, 0.6) is 0 Å². The van der Waals surface area contributed by atoms with Crippen molar-refractivity contribution in [2.45, 2.75) is 4.90 Å². The third-order valence-electron chi connectivity index (χ3n) is 2.75. The number of sulfonamides is 1. The van der Waals surface area contributed by atoms with Crippen LogP contribution in [0.1, 0.15) is 10.4 Å². The molecule has 0 aliphatic heterocycles. The molecule has 116 valence electrons. The molecule has 0 atom stereocenters. The van der Waals surface area contributed by atoms with Crippen molar-refractivity contribution in [3.8, 4) is 0 Å². The van der Waals surface area contributed by atoms with Crippen LogP contribution in [0.4, 0.5) is 0 Å². The number of amides is 1. The van der Waals surface area contributed by atoms with Crippen LogP contribution in [0, 0.1) is 0 Å². The smallest absolute Gasteiger partial charge is 0.252 e. The van der Waals surface area contributed by atoms with E-state index in [0.29, 0.717) is 5.56 Å². The van der Waals surface area contributed by atoms with Gasteiger partial charge >= 0.3 is 0 Å². The van der Waals surface area contributed by atoms with E-state index in [0.717, 1.165) is 4.47 Å². The normalized spacial score (nSPS) is 11.1. The molecule has 2 N–H and O–H groups in total. The Hall–Kier alpha value is -1.77. The van der Waals surface area contributed by atoms with Gasteiger partial charge in [-0.25, -0.2) is 13.1 Å². The van der Waals surface area contributed by atoms with Crippen molar-refractivity contribution in [1.29, 1.82) is 0 Å². The average molecular weight is 384 g/mol. The molecule has 0 unspecified atom stereocenters. The van der Waals surface area contributed by atoms with Crippen LogP contribution >= 0.6 is 15.9 Å². The number of halogens is 1. The van der Waals surface area contributed by atoms with Gasteiger partial charge in [-0.1, -0.05) is 15.9 Å². The Bertz CT molecular complexity index is 734. The van der Waals surface area contributed by atoms with Gasteiger partial charge in [0.25, 0.3) is 5.91 Å². The van der Waals surface area contributed by atoms with Crippen molar-refractivity contribution in [3.05, 3.63) is 58.8 Å². The van der Waals surface area contributed by atoms with Crippen molar-refractivity contribution in [2.75, 3.05) is 13.1 Å². The summed E-state index contributed by atoms with van der Waals surface area (Å²) in [5, 5.41) is 2.62. The third kappa shape index (κ3) is 4.62. The fourth-order valence-corrected chi connectivity index (χ4v) is 2.95. The molecular formula is C14H14BrN3O3S. The Balaban J connectivity index is 1.83. The van der Waals surface area contributed by atoms with Crippen molar-refractivity contribution in [1.82, 2.24) is 15.0 Å². The van der Waals surface area contributed by atoms with Crippen LogP contribution < -0.4 is 10.0 Å². The molecule has 2 aromatic rings. The van der Waals surface area contributed by atoms with Crippen LogP contribution in [-0.2, 0) is 10.0 Å². The monoisotopic (exact) mass is 383 g/mol. The van der Waals surface area contributed by atoms with Gasteiger partial charge < -0.3 is 5.32 Å². The largest absolute Gasteiger partial charge is 0.351 e. The van der Waals surface area contributed by atoms with E-state index in [1.165, 1.54) is 18.3 Å². The van der Waals surface area contributed by atoms with E-state index in [4.69, 9.17) is 0 Å². The van der Waals surface area contributed by atoms with Crippen LogP contribution in [0.25, 0.3) is 0 Å². The average Bonchev–Trinajstić information content (AvgIpc) is 2.52. The SMILES string of the molecule is O=C(NCCNS(=O)(=O)c1ccc(Br)cc1)c1cccnc1. The molecule has 0 aliphatic carbocycles. The first-order chi connectivity index (χ1) is 10.5. The molecule has 0 fully saturated rings. The number of rotatable bonds is 6. The van der Waals surface area contributed by atoms with Gasteiger partial charge in [0.15, 0.2) is 0 Å². The predicted molar refractivity (Wildman–Crippen MR) is 85.9 cm³/mol. The molecule has 0 spiro atoms. The van der Waals surface area contributed by atoms with E-state index in [-0.39, 0.29) is 23.9 Å². The maximum Gasteiger partial charge on any atom is 0.252 e. The van der Waals surface area contributed by atoms with Gasteiger partial charge in [0, 0.05) is 30.0 Å². The molecule has 1 aromatic carbocycles. The van der Waals surface area contributed by atoms with Crippen LogP contribution in [-0.4, -0.2) is 32.4 Å². The molecular weight excluding hydrogens is 370 g/mol. The van der Waals surface area contributed by atoms with Gasteiger partial charge in [-0.3, -0.25) is 9.78 Å². The van der Waals surface area contributed by atoms with Crippen molar-refractivity contribution in [3.63, 3.8) is 0 Å². The Morgan fingerprint density at radius 2 is 1.86 bits per heavy atom. The van der Waals surface area contributed by atoms with E-state index in [1.807, 2.05) is 0 Å². The Morgan fingerprint density at radius 3 is 2.50 bits per heavy atom. The molecule has 1 amide bonds. The second-order valence-electron chi connectivity index (χ2n) is 4.35. The topological polar surface area (TPSA) is 88.2 Å². The maximum atomic E-state index is 12.0. The summed E-state index contributed by atoms with van der Waals surface area (Å²) in [6, 6.07) is 9.60. The Kier molecular flexibility index (Phi) is 5.64. The second-order valence-corrected chi connectivity index (χ2v) is 7.03. The molecule has 2 rings (SSSR count). The minimum absolute atomic E-state index is 0.102. The van der Waals surface area contributed by atoms with Gasteiger partial charge in [-0.2, -0.15) is 0 Å². The number of carbonyl (C=O) groups is 1. The minimum atomic E-state index is -3.57. The lowest BCUT2D eigenvalue weighted by Gasteiger charge is -2.08. The summed E-state index contributed by atoms with van der Waals surface area (Å²) in [6.07, 6.45) is 3.02. The molecule has 1 aromatic heterocycles. The van der Waals surface area contributed by atoms with Gasteiger partial charge in [-0.05, 0) is 36.4 Å². The van der Waals surface area contributed by atoms with E-state index in [9.17, 15) is 13.2 Å². The van der Waals surface area contributed by atoms with Crippen molar-refractivity contribution >= 4 is 31.9 Å². The molecule has 0 bridgehead atoms. The quantitative estimate of drug-likeness (QED) is 0.740. The summed E-state index contributed by atoms with van der Waals surface area (Å²) in [5.74, 6) is -0.295. The van der Waals surface area contributed by atoms with E-state index >= 15 is 0 Å². The highest BCUT2D eigenvalue weighted by molar-refractivity contribution is 9.10. The first-order valence-electron chi connectivity index (χ1n) is 6.42.